The standard InChI is InChI=1S/C24H38O4.C12H10.Ti/c1-3-5-7-9-11-15-19-27-23(25)21-17-13-14-18-22(21)24(26)28-20-16-12-10-8-6-4-2;1-3-7-11(8-4-1)12-9-5-2-6-10-12;/h13-14,17-18H,3-12,15-16,19-20H2,1-2H3;1-10H;. The van der Waals surface area contributed by atoms with Crippen LogP contribution in [0.5, 0.6) is 0 Å². The Morgan fingerprint density at radius 2 is 0.780 bits per heavy atom. The van der Waals surface area contributed by atoms with Gasteiger partial charge >= 0.3 is 11.9 Å². The molecule has 41 heavy (non-hydrogen) atoms. The van der Waals surface area contributed by atoms with Crippen LogP contribution in [0.4, 0.5) is 0 Å². The molecular weight excluding hydrogens is 544 g/mol. The van der Waals surface area contributed by atoms with E-state index in [2.05, 4.69) is 62.4 Å². The van der Waals surface area contributed by atoms with Gasteiger partial charge in [0.1, 0.15) is 0 Å². The molecule has 220 valence electrons. The third-order valence-corrected chi connectivity index (χ3v) is 6.71. The van der Waals surface area contributed by atoms with Crippen molar-refractivity contribution < 1.29 is 40.8 Å². The van der Waals surface area contributed by atoms with Crippen LogP contribution in [0.2, 0.25) is 0 Å². The Morgan fingerprint density at radius 3 is 1.15 bits per heavy atom. The number of carbonyl (C=O) groups is 2. The summed E-state index contributed by atoms with van der Waals surface area (Å²) >= 11 is 0. The molecule has 3 aromatic carbocycles. The van der Waals surface area contributed by atoms with Crippen molar-refractivity contribution in [2.75, 3.05) is 13.2 Å². The van der Waals surface area contributed by atoms with Crippen LogP contribution in [0.3, 0.4) is 0 Å². The van der Waals surface area contributed by atoms with Gasteiger partial charge in [0, 0.05) is 21.7 Å². The summed E-state index contributed by atoms with van der Waals surface area (Å²) in [5.74, 6) is -0.888. The van der Waals surface area contributed by atoms with Crippen LogP contribution in [0.15, 0.2) is 84.9 Å². The topological polar surface area (TPSA) is 52.6 Å². The zero-order chi connectivity index (χ0) is 28.7. The molecule has 0 fully saturated rings. The van der Waals surface area contributed by atoms with E-state index < -0.39 is 11.9 Å². The largest absolute Gasteiger partial charge is 0.462 e. The van der Waals surface area contributed by atoms with Crippen molar-refractivity contribution >= 4 is 11.9 Å². The van der Waals surface area contributed by atoms with Crippen LogP contribution in [-0.4, -0.2) is 25.2 Å². The van der Waals surface area contributed by atoms with Crippen molar-refractivity contribution in [2.24, 2.45) is 0 Å². The molecule has 0 aromatic heterocycles. The van der Waals surface area contributed by atoms with Gasteiger partial charge in [-0.1, -0.05) is 151 Å². The van der Waals surface area contributed by atoms with E-state index in [-0.39, 0.29) is 21.7 Å². The summed E-state index contributed by atoms with van der Waals surface area (Å²) in [5.41, 5.74) is 3.14. The molecule has 0 bridgehead atoms. The summed E-state index contributed by atoms with van der Waals surface area (Å²) in [7, 11) is 0. The van der Waals surface area contributed by atoms with Crippen molar-refractivity contribution in [2.45, 2.75) is 90.9 Å². The van der Waals surface area contributed by atoms with Gasteiger partial charge in [0.15, 0.2) is 0 Å². The van der Waals surface area contributed by atoms with E-state index >= 15 is 0 Å². The first-order chi connectivity index (χ1) is 19.7. The van der Waals surface area contributed by atoms with Crippen molar-refractivity contribution in [1.82, 2.24) is 0 Å². The first-order valence-corrected chi connectivity index (χ1v) is 15.2. The van der Waals surface area contributed by atoms with Crippen molar-refractivity contribution in [3.05, 3.63) is 96.1 Å². The molecule has 0 aliphatic heterocycles. The molecule has 0 aliphatic carbocycles. The average molecular weight is 593 g/mol. The Balaban J connectivity index is 0.000000533. The number of unbranched alkanes of at least 4 members (excludes halogenated alkanes) is 10. The fourth-order valence-electron chi connectivity index (χ4n) is 4.35. The van der Waals surface area contributed by atoms with E-state index in [1.807, 2.05) is 12.1 Å². The maximum absolute atomic E-state index is 12.4. The Kier molecular flexibility index (Phi) is 21.2. The summed E-state index contributed by atoms with van der Waals surface area (Å²) in [6, 6.07) is 27.5. The smallest absolute Gasteiger partial charge is 0.339 e. The van der Waals surface area contributed by atoms with Gasteiger partial charge < -0.3 is 9.47 Å². The minimum Gasteiger partial charge on any atom is -0.462 e. The van der Waals surface area contributed by atoms with Gasteiger partial charge in [-0.25, -0.2) is 9.59 Å². The monoisotopic (exact) mass is 592 g/mol. The summed E-state index contributed by atoms with van der Waals surface area (Å²) in [4.78, 5) is 24.7. The molecule has 3 rings (SSSR count). The van der Waals surface area contributed by atoms with E-state index in [9.17, 15) is 9.59 Å². The Hall–Kier alpha value is -2.69. The molecule has 0 radical (unpaired) electrons. The van der Waals surface area contributed by atoms with Gasteiger partial charge in [0.25, 0.3) is 0 Å². The first kappa shape index (κ1) is 36.3. The maximum atomic E-state index is 12.4. The van der Waals surface area contributed by atoms with Crippen molar-refractivity contribution in [3.8, 4) is 11.1 Å². The second-order valence-corrected chi connectivity index (χ2v) is 10.1. The third-order valence-electron chi connectivity index (χ3n) is 6.71. The number of carbonyl (C=O) groups excluding carboxylic acids is 2. The number of ether oxygens (including phenoxy) is 2. The van der Waals surface area contributed by atoms with Gasteiger partial charge in [-0.3, -0.25) is 0 Å². The van der Waals surface area contributed by atoms with E-state index in [1.54, 1.807) is 24.3 Å². The van der Waals surface area contributed by atoms with Gasteiger partial charge in [-0.05, 0) is 36.1 Å². The molecule has 5 heteroatoms. The number of benzene rings is 3. The van der Waals surface area contributed by atoms with Crippen molar-refractivity contribution in [1.29, 1.82) is 0 Å². The van der Waals surface area contributed by atoms with Crippen molar-refractivity contribution in [3.63, 3.8) is 0 Å². The summed E-state index contributed by atoms with van der Waals surface area (Å²) in [6.45, 7) is 5.17. The average Bonchev–Trinajstić information content (AvgIpc) is 3.01. The predicted molar refractivity (Wildman–Crippen MR) is 166 cm³/mol. The molecule has 0 aliphatic rings. The molecule has 3 aromatic rings. The van der Waals surface area contributed by atoms with Gasteiger partial charge in [0.2, 0.25) is 0 Å². The Bertz CT molecular complexity index is 983. The molecule has 0 heterocycles. The molecule has 0 amide bonds. The van der Waals surface area contributed by atoms with E-state index in [0.29, 0.717) is 24.3 Å². The minimum atomic E-state index is -0.444. The first-order valence-electron chi connectivity index (χ1n) is 15.2. The number of hydrogen-bond acceptors (Lipinski definition) is 4. The molecule has 0 saturated heterocycles. The minimum absolute atomic E-state index is 0. The fraction of sp³-hybridized carbons (Fsp3) is 0.444. The van der Waals surface area contributed by atoms with Crippen LogP contribution in [0, 0.1) is 0 Å². The predicted octanol–water partition coefficient (Wildman–Crippen LogP) is 10.1. The summed E-state index contributed by atoms with van der Waals surface area (Å²) in [6.07, 6.45) is 13.6. The zero-order valence-corrected chi connectivity index (χ0v) is 26.7. The molecule has 0 N–H and O–H groups in total. The third kappa shape index (κ3) is 15.8. The van der Waals surface area contributed by atoms with Crippen LogP contribution in [0.25, 0.3) is 11.1 Å². The SMILES string of the molecule is CCCCCCCCOC(=O)c1ccccc1C(=O)OCCCCCCCC.[Ti].c1ccc(-c2ccccc2)cc1. The van der Waals surface area contributed by atoms with Crippen LogP contribution >= 0.6 is 0 Å². The zero-order valence-electron chi connectivity index (χ0n) is 25.1. The number of rotatable bonds is 17. The molecule has 0 saturated carbocycles. The van der Waals surface area contributed by atoms with Gasteiger partial charge in [-0.15, -0.1) is 0 Å². The quantitative estimate of drug-likeness (QED) is 0.0889. The number of hydrogen-bond donors (Lipinski definition) is 0. The molecule has 0 atom stereocenters. The maximum Gasteiger partial charge on any atom is 0.339 e. The Morgan fingerprint density at radius 1 is 0.463 bits per heavy atom. The van der Waals surface area contributed by atoms with Gasteiger partial charge in [0.05, 0.1) is 24.3 Å². The van der Waals surface area contributed by atoms with Crippen LogP contribution < -0.4 is 0 Å². The van der Waals surface area contributed by atoms with Crippen LogP contribution in [-0.2, 0) is 31.2 Å². The fourth-order valence-corrected chi connectivity index (χ4v) is 4.35. The normalized spacial score (nSPS) is 10.1. The second kappa shape index (κ2) is 24.0. The molecule has 0 unspecified atom stereocenters. The van der Waals surface area contributed by atoms with Crippen LogP contribution in [0.1, 0.15) is 112 Å². The van der Waals surface area contributed by atoms with Gasteiger partial charge in [-0.2, -0.15) is 0 Å². The summed E-state index contributed by atoms with van der Waals surface area (Å²) in [5, 5.41) is 0. The Labute approximate surface area is 263 Å². The summed E-state index contributed by atoms with van der Waals surface area (Å²) < 4.78 is 10.7. The number of esters is 2. The molecular formula is C36H48O4Ti. The molecule has 4 nitrogen and oxygen atoms in total. The molecule has 0 spiro atoms. The second-order valence-electron chi connectivity index (χ2n) is 10.1. The van der Waals surface area contributed by atoms with E-state index in [0.717, 1.165) is 25.7 Å². The van der Waals surface area contributed by atoms with E-state index in [4.69, 9.17) is 9.47 Å². The van der Waals surface area contributed by atoms with E-state index in [1.165, 1.54) is 62.5 Å².